The molecule has 0 bridgehead atoms. The smallest absolute Gasteiger partial charge is 0.239 e. The van der Waals surface area contributed by atoms with Gasteiger partial charge in [-0.15, -0.1) is 11.3 Å². The number of nitrogens with one attached hydrogen (secondary N) is 2. The lowest BCUT2D eigenvalue weighted by molar-refractivity contribution is -0.129. The molecule has 154 valence electrons. The summed E-state index contributed by atoms with van der Waals surface area (Å²) in [6, 6.07) is 11.2. The number of thiophene rings is 1. The van der Waals surface area contributed by atoms with Gasteiger partial charge in [-0.05, 0) is 51.3 Å². The van der Waals surface area contributed by atoms with Crippen molar-refractivity contribution in [1.29, 1.82) is 0 Å². The molecule has 0 spiro atoms. The highest BCUT2D eigenvalue weighted by atomic mass is 32.1. The standard InChI is InChI=1S/C22H27N3O3S/c1-14-7-9-15(10-8-14)25-19(27)12-16(20(25)17-6-5-11-29-17)21(28)23-13-18(26)24-22(2,3)4/h5-11,16,20H,12-13H2,1-4H3,(H,23,28)(H,24,26). The van der Waals surface area contributed by atoms with Crippen molar-refractivity contribution < 1.29 is 14.4 Å². The summed E-state index contributed by atoms with van der Waals surface area (Å²) >= 11 is 1.52. The summed E-state index contributed by atoms with van der Waals surface area (Å²) in [6.45, 7) is 7.53. The van der Waals surface area contributed by atoms with Crippen LogP contribution in [-0.4, -0.2) is 29.8 Å². The van der Waals surface area contributed by atoms with Gasteiger partial charge in [0.25, 0.3) is 0 Å². The summed E-state index contributed by atoms with van der Waals surface area (Å²) in [7, 11) is 0. The Hall–Kier alpha value is -2.67. The van der Waals surface area contributed by atoms with Crippen LogP contribution in [0.1, 0.15) is 43.7 Å². The molecule has 2 unspecified atom stereocenters. The first-order chi connectivity index (χ1) is 13.7. The number of benzene rings is 1. The van der Waals surface area contributed by atoms with Gasteiger partial charge in [-0.2, -0.15) is 0 Å². The van der Waals surface area contributed by atoms with Gasteiger partial charge >= 0.3 is 0 Å². The number of aryl methyl sites for hydroxylation is 1. The first kappa shape index (κ1) is 21.0. The molecule has 1 fully saturated rings. The second-order valence-corrected chi connectivity index (χ2v) is 9.37. The third-order valence-corrected chi connectivity index (χ3v) is 5.69. The van der Waals surface area contributed by atoms with Crippen LogP contribution in [-0.2, 0) is 14.4 Å². The first-order valence-electron chi connectivity index (χ1n) is 9.66. The molecule has 6 nitrogen and oxygen atoms in total. The summed E-state index contributed by atoms with van der Waals surface area (Å²) in [5, 5.41) is 7.48. The lowest BCUT2D eigenvalue weighted by atomic mass is 9.97. The van der Waals surface area contributed by atoms with Crippen molar-refractivity contribution in [2.75, 3.05) is 11.4 Å². The molecular weight excluding hydrogens is 386 g/mol. The van der Waals surface area contributed by atoms with Crippen LogP contribution in [0.15, 0.2) is 41.8 Å². The molecule has 1 saturated heterocycles. The number of rotatable bonds is 5. The number of anilines is 1. The number of carbonyl (C=O) groups excluding carboxylic acids is 3. The van der Waals surface area contributed by atoms with Crippen LogP contribution in [0, 0.1) is 12.8 Å². The fourth-order valence-electron chi connectivity index (χ4n) is 3.53. The van der Waals surface area contributed by atoms with E-state index >= 15 is 0 Å². The Bertz CT molecular complexity index is 885. The van der Waals surface area contributed by atoms with Crippen LogP contribution in [0.25, 0.3) is 0 Å². The van der Waals surface area contributed by atoms with Crippen LogP contribution in [0.4, 0.5) is 5.69 Å². The summed E-state index contributed by atoms with van der Waals surface area (Å²) in [5.41, 5.74) is 1.51. The van der Waals surface area contributed by atoms with E-state index in [0.717, 1.165) is 16.1 Å². The van der Waals surface area contributed by atoms with Crippen molar-refractivity contribution in [3.63, 3.8) is 0 Å². The van der Waals surface area contributed by atoms with E-state index in [4.69, 9.17) is 0 Å². The van der Waals surface area contributed by atoms with Crippen LogP contribution >= 0.6 is 11.3 Å². The van der Waals surface area contributed by atoms with Crippen molar-refractivity contribution in [3.05, 3.63) is 52.2 Å². The third kappa shape index (κ3) is 5.03. The SMILES string of the molecule is Cc1ccc(N2C(=O)CC(C(=O)NCC(=O)NC(C)(C)C)C2c2cccs2)cc1. The lowest BCUT2D eigenvalue weighted by Crippen LogP contribution is -2.47. The average Bonchev–Trinajstić information content (AvgIpc) is 3.26. The molecule has 0 radical (unpaired) electrons. The molecule has 2 heterocycles. The van der Waals surface area contributed by atoms with Gasteiger partial charge in [0.15, 0.2) is 0 Å². The Morgan fingerprint density at radius 2 is 1.86 bits per heavy atom. The van der Waals surface area contributed by atoms with Gasteiger partial charge < -0.3 is 15.5 Å². The fourth-order valence-corrected chi connectivity index (χ4v) is 4.41. The predicted molar refractivity (Wildman–Crippen MR) is 115 cm³/mol. The molecule has 2 atom stereocenters. The van der Waals surface area contributed by atoms with Gasteiger partial charge in [0.1, 0.15) is 0 Å². The van der Waals surface area contributed by atoms with E-state index < -0.39 is 5.92 Å². The Labute approximate surface area is 175 Å². The van der Waals surface area contributed by atoms with E-state index in [0.29, 0.717) is 0 Å². The second-order valence-electron chi connectivity index (χ2n) is 8.39. The zero-order valence-corrected chi connectivity index (χ0v) is 18.0. The summed E-state index contributed by atoms with van der Waals surface area (Å²) in [4.78, 5) is 40.5. The van der Waals surface area contributed by atoms with Crippen molar-refractivity contribution in [2.45, 2.75) is 45.7 Å². The number of hydrogen-bond donors (Lipinski definition) is 2. The largest absolute Gasteiger partial charge is 0.350 e. The number of hydrogen-bond acceptors (Lipinski definition) is 4. The van der Waals surface area contributed by atoms with Gasteiger partial charge in [-0.1, -0.05) is 23.8 Å². The Morgan fingerprint density at radius 1 is 1.17 bits per heavy atom. The molecule has 0 aliphatic carbocycles. The second kappa shape index (κ2) is 8.37. The van der Waals surface area contributed by atoms with Gasteiger partial charge in [0.2, 0.25) is 17.7 Å². The normalized spacial score (nSPS) is 19.3. The van der Waals surface area contributed by atoms with Crippen molar-refractivity contribution in [1.82, 2.24) is 10.6 Å². The minimum absolute atomic E-state index is 0.0912. The maximum Gasteiger partial charge on any atom is 0.239 e. The molecule has 1 aliphatic heterocycles. The molecule has 1 aromatic carbocycles. The van der Waals surface area contributed by atoms with Gasteiger partial charge in [0.05, 0.1) is 18.5 Å². The van der Waals surface area contributed by atoms with E-state index in [2.05, 4.69) is 10.6 Å². The lowest BCUT2D eigenvalue weighted by Gasteiger charge is -2.27. The molecule has 1 aromatic heterocycles. The highest BCUT2D eigenvalue weighted by Crippen LogP contribution is 2.43. The van der Waals surface area contributed by atoms with E-state index in [-0.39, 0.29) is 42.3 Å². The number of nitrogens with zero attached hydrogens (tertiary/aromatic N) is 1. The van der Waals surface area contributed by atoms with Crippen molar-refractivity contribution >= 4 is 34.7 Å². The van der Waals surface area contributed by atoms with E-state index in [1.165, 1.54) is 11.3 Å². The third-order valence-electron chi connectivity index (χ3n) is 4.74. The van der Waals surface area contributed by atoms with Gasteiger partial charge in [0, 0.05) is 22.5 Å². The van der Waals surface area contributed by atoms with Crippen LogP contribution in [0.3, 0.4) is 0 Å². The first-order valence-corrected chi connectivity index (χ1v) is 10.5. The molecule has 2 N–H and O–H groups in total. The van der Waals surface area contributed by atoms with Crippen molar-refractivity contribution in [2.24, 2.45) is 5.92 Å². The molecular formula is C22H27N3O3S. The monoisotopic (exact) mass is 413 g/mol. The molecule has 0 saturated carbocycles. The van der Waals surface area contributed by atoms with E-state index in [9.17, 15) is 14.4 Å². The van der Waals surface area contributed by atoms with Gasteiger partial charge in [-0.3, -0.25) is 14.4 Å². The highest BCUT2D eigenvalue weighted by molar-refractivity contribution is 7.10. The van der Waals surface area contributed by atoms with Crippen LogP contribution < -0.4 is 15.5 Å². The van der Waals surface area contributed by atoms with E-state index in [1.807, 2.05) is 69.5 Å². The minimum atomic E-state index is -0.551. The topological polar surface area (TPSA) is 78.5 Å². The zero-order chi connectivity index (χ0) is 21.2. The Morgan fingerprint density at radius 3 is 2.45 bits per heavy atom. The minimum Gasteiger partial charge on any atom is -0.350 e. The number of carbonyl (C=O) groups is 3. The van der Waals surface area contributed by atoms with Crippen LogP contribution in [0.2, 0.25) is 0 Å². The zero-order valence-electron chi connectivity index (χ0n) is 17.2. The summed E-state index contributed by atoms with van der Waals surface area (Å²) in [5.74, 6) is -1.18. The fraction of sp³-hybridized carbons (Fsp3) is 0.409. The molecule has 3 amide bonds. The van der Waals surface area contributed by atoms with E-state index in [1.54, 1.807) is 4.90 Å². The average molecular weight is 414 g/mol. The summed E-state index contributed by atoms with van der Waals surface area (Å²) < 4.78 is 0. The summed E-state index contributed by atoms with van der Waals surface area (Å²) in [6.07, 6.45) is 0.114. The van der Waals surface area contributed by atoms with Gasteiger partial charge in [-0.25, -0.2) is 0 Å². The maximum atomic E-state index is 12.9. The quantitative estimate of drug-likeness (QED) is 0.790. The molecule has 29 heavy (non-hydrogen) atoms. The van der Waals surface area contributed by atoms with Crippen molar-refractivity contribution in [3.8, 4) is 0 Å². The molecule has 3 rings (SSSR count). The van der Waals surface area contributed by atoms with Crippen LogP contribution in [0.5, 0.6) is 0 Å². The molecule has 7 heteroatoms. The molecule has 2 aromatic rings. The predicted octanol–water partition coefficient (Wildman–Crippen LogP) is 3.18. The number of amides is 3. The Balaban J connectivity index is 1.80. The maximum absolute atomic E-state index is 12.9. The molecule has 1 aliphatic rings. The Kier molecular flexibility index (Phi) is 6.07. The highest BCUT2D eigenvalue weighted by Gasteiger charge is 2.45.